The van der Waals surface area contributed by atoms with Crippen LogP contribution in [-0.2, 0) is 19.7 Å². The summed E-state index contributed by atoms with van der Waals surface area (Å²) < 4.78 is 26.9. The standard InChI is InChI=1S/C12H14ClN3O4S/c1-7-9(13)3-2-4-11(7)21(18,19)15-6-8-5-10(12(14)17)16-20-8/h2-4,8,15H,5-6H2,1H3,(H2,14,17)/t8-/m1/s1. The van der Waals surface area contributed by atoms with Gasteiger partial charge in [0.15, 0.2) is 0 Å². The maximum absolute atomic E-state index is 12.2. The highest BCUT2D eigenvalue weighted by molar-refractivity contribution is 7.89. The maximum atomic E-state index is 12.2. The molecule has 0 aliphatic carbocycles. The molecule has 114 valence electrons. The quantitative estimate of drug-likeness (QED) is 0.821. The second kappa shape index (κ2) is 6.00. The summed E-state index contributed by atoms with van der Waals surface area (Å²) >= 11 is 5.91. The van der Waals surface area contributed by atoms with Crippen molar-refractivity contribution in [3.63, 3.8) is 0 Å². The van der Waals surface area contributed by atoms with Crippen molar-refractivity contribution in [2.45, 2.75) is 24.3 Å². The van der Waals surface area contributed by atoms with Crippen LogP contribution in [0.5, 0.6) is 0 Å². The van der Waals surface area contributed by atoms with Gasteiger partial charge in [0.2, 0.25) is 10.0 Å². The van der Waals surface area contributed by atoms with E-state index in [1.165, 1.54) is 6.07 Å². The van der Waals surface area contributed by atoms with Crippen molar-refractivity contribution in [1.29, 1.82) is 0 Å². The van der Waals surface area contributed by atoms with E-state index in [0.29, 0.717) is 10.6 Å². The Morgan fingerprint density at radius 1 is 1.57 bits per heavy atom. The molecule has 0 aromatic heterocycles. The highest BCUT2D eigenvalue weighted by atomic mass is 35.5. The summed E-state index contributed by atoms with van der Waals surface area (Å²) in [6.07, 6.45) is -0.381. The van der Waals surface area contributed by atoms with E-state index >= 15 is 0 Å². The van der Waals surface area contributed by atoms with Crippen molar-refractivity contribution >= 4 is 33.2 Å². The molecule has 1 atom stereocenters. The van der Waals surface area contributed by atoms with Crippen LogP contribution in [0, 0.1) is 6.92 Å². The van der Waals surface area contributed by atoms with Gasteiger partial charge in [0.1, 0.15) is 11.8 Å². The Bertz CT molecular complexity index is 702. The lowest BCUT2D eigenvalue weighted by Crippen LogP contribution is -2.33. The number of nitrogens with two attached hydrogens (primary N) is 1. The van der Waals surface area contributed by atoms with Crippen LogP contribution in [0.2, 0.25) is 5.02 Å². The van der Waals surface area contributed by atoms with E-state index in [4.69, 9.17) is 22.2 Å². The van der Waals surface area contributed by atoms with Crippen LogP contribution in [-0.4, -0.2) is 32.7 Å². The third-order valence-corrected chi connectivity index (χ3v) is 5.00. The van der Waals surface area contributed by atoms with Crippen LogP contribution < -0.4 is 10.5 Å². The number of carbonyl (C=O) groups is 1. The minimum atomic E-state index is -3.72. The number of rotatable bonds is 5. The normalized spacial score (nSPS) is 18.2. The van der Waals surface area contributed by atoms with Crippen molar-refractivity contribution < 1.29 is 18.0 Å². The van der Waals surface area contributed by atoms with Gasteiger partial charge in [0.25, 0.3) is 5.91 Å². The Balaban J connectivity index is 2.03. The van der Waals surface area contributed by atoms with E-state index in [1.54, 1.807) is 19.1 Å². The molecule has 21 heavy (non-hydrogen) atoms. The summed E-state index contributed by atoms with van der Waals surface area (Å²) in [5.74, 6) is -0.675. The number of carbonyl (C=O) groups excluding carboxylic acids is 1. The number of primary amides is 1. The first kappa shape index (κ1) is 15.7. The summed E-state index contributed by atoms with van der Waals surface area (Å²) in [5, 5.41) is 3.88. The summed E-state index contributed by atoms with van der Waals surface area (Å²) in [6.45, 7) is 1.60. The third kappa shape index (κ3) is 3.52. The first-order chi connectivity index (χ1) is 9.81. The molecule has 9 heteroatoms. The predicted octanol–water partition coefficient (Wildman–Crippen LogP) is 0.557. The van der Waals surface area contributed by atoms with E-state index in [-0.39, 0.29) is 23.6 Å². The average Bonchev–Trinajstić information content (AvgIpc) is 2.88. The molecule has 2 rings (SSSR count). The molecule has 0 saturated carbocycles. The second-order valence-corrected chi connectivity index (χ2v) is 6.69. The van der Waals surface area contributed by atoms with Gasteiger partial charge in [-0.25, -0.2) is 13.1 Å². The molecule has 0 fully saturated rings. The zero-order valence-electron chi connectivity index (χ0n) is 11.2. The molecular formula is C12H14ClN3O4S. The fraction of sp³-hybridized carbons (Fsp3) is 0.333. The van der Waals surface area contributed by atoms with Gasteiger partial charge >= 0.3 is 0 Å². The molecule has 0 spiro atoms. The number of hydrogen-bond acceptors (Lipinski definition) is 5. The van der Waals surface area contributed by atoms with Gasteiger partial charge in [-0.2, -0.15) is 0 Å². The third-order valence-electron chi connectivity index (χ3n) is 3.03. The van der Waals surface area contributed by atoms with E-state index in [0.717, 1.165) is 0 Å². The summed E-state index contributed by atoms with van der Waals surface area (Å²) in [6, 6.07) is 4.64. The second-order valence-electron chi connectivity index (χ2n) is 4.55. The molecule has 0 unspecified atom stereocenters. The lowest BCUT2D eigenvalue weighted by atomic mass is 10.2. The molecule has 7 nitrogen and oxygen atoms in total. The SMILES string of the molecule is Cc1c(Cl)cccc1S(=O)(=O)NC[C@H]1CC(C(N)=O)=NO1. The molecule has 0 radical (unpaired) electrons. The molecule has 1 aliphatic heterocycles. The molecule has 1 heterocycles. The largest absolute Gasteiger partial charge is 0.390 e. The summed E-state index contributed by atoms with van der Waals surface area (Å²) in [5.41, 5.74) is 5.63. The Morgan fingerprint density at radius 3 is 2.90 bits per heavy atom. The monoisotopic (exact) mass is 331 g/mol. The Kier molecular flexibility index (Phi) is 4.50. The maximum Gasteiger partial charge on any atom is 0.266 e. The molecule has 1 amide bonds. The molecular weight excluding hydrogens is 318 g/mol. The Morgan fingerprint density at radius 2 is 2.29 bits per heavy atom. The molecule has 0 bridgehead atoms. The summed E-state index contributed by atoms with van der Waals surface area (Å²) in [4.78, 5) is 16.0. The van der Waals surface area contributed by atoms with Crippen LogP contribution in [0.25, 0.3) is 0 Å². The van der Waals surface area contributed by atoms with Crippen molar-refractivity contribution in [1.82, 2.24) is 4.72 Å². The number of halogens is 1. The number of nitrogens with one attached hydrogen (secondary N) is 1. The van der Waals surface area contributed by atoms with Gasteiger partial charge in [0.05, 0.1) is 11.4 Å². The first-order valence-electron chi connectivity index (χ1n) is 6.08. The minimum absolute atomic E-state index is 0.0193. The Labute approximate surface area is 127 Å². The van der Waals surface area contributed by atoms with Gasteiger partial charge in [-0.15, -0.1) is 0 Å². The number of amides is 1. The zero-order valence-corrected chi connectivity index (χ0v) is 12.7. The lowest BCUT2D eigenvalue weighted by molar-refractivity contribution is -0.112. The molecule has 3 N–H and O–H groups in total. The fourth-order valence-electron chi connectivity index (χ4n) is 1.84. The van der Waals surface area contributed by atoms with Crippen LogP contribution >= 0.6 is 11.6 Å². The van der Waals surface area contributed by atoms with Gasteiger partial charge in [0, 0.05) is 11.4 Å². The topological polar surface area (TPSA) is 111 Å². The van der Waals surface area contributed by atoms with E-state index in [9.17, 15) is 13.2 Å². The molecule has 1 aliphatic rings. The van der Waals surface area contributed by atoms with Gasteiger partial charge in [-0.1, -0.05) is 22.8 Å². The predicted molar refractivity (Wildman–Crippen MR) is 77.5 cm³/mol. The highest BCUT2D eigenvalue weighted by Crippen LogP contribution is 2.22. The highest BCUT2D eigenvalue weighted by Gasteiger charge is 2.27. The van der Waals surface area contributed by atoms with Crippen molar-refractivity contribution in [2.24, 2.45) is 10.9 Å². The zero-order chi connectivity index (χ0) is 15.6. The van der Waals surface area contributed by atoms with Crippen molar-refractivity contribution in [3.05, 3.63) is 28.8 Å². The Hall–Kier alpha value is -1.64. The van der Waals surface area contributed by atoms with Crippen LogP contribution in [0.3, 0.4) is 0 Å². The lowest BCUT2D eigenvalue weighted by Gasteiger charge is -2.12. The van der Waals surface area contributed by atoms with Crippen LogP contribution in [0.1, 0.15) is 12.0 Å². The number of hydrogen-bond donors (Lipinski definition) is 2. The first-order valence-corrected chi connectivity index (χ1v) is 7.94. The van der Waals surface area contributed by atoms with Crippen LogP contribution in [0.15, 0.2) is 28.3 Å². The van der Waals surface area contributed by atoms with Crippen LogP contribution in [0.4, 0.5) is 0 Å². The number of sulfonamides is 1. The minimum Gasteiger partial charge on any atom is -0.390 e. The van der Waals surface area contributed by atoms with Gasteiger partial charge in [-0.05, 0) is 24.6 Å². The fourth-order valence-corrected chi connectivity index (χ4v) is 3.40. The number of oxime groups is 1. The van der Waals surface area contributed by atoms with E-state index in [1.807, 2.05) is 0 Å². The number of nitrogens with zero attached hydrogens (tertiary/aromatic N) is 1. The average molecular weight is 332 g/mol. The van der Waals surface area contributed by atoms with Crippen molar-refractivity contribution in [3.8, 4) is 0 Å². The van der Waals surface area contributed by atoms with E-state index in [2.05, 4.69) is 9.88 Å². The molecule has 1 aromatic carbocycles. The van der Waals surface area contributed by atoms with Gasteiger partial charge in [-0.3, -0.25) is 4.79 Å². The molecule has 1 aromatic rings. The summed E-state index contributed by atoms with van der Waals surface area (Å²) in [7, 11) is -3.72. The van der Waals surface area contributed by atoms with E-state index < -0.39 is 22.0 Å². The van der Waals surface area contributed by atoms with Crippen molar-refractivity contribution in [2.75, 3.05) is 6.54 Å². The smallest absolute Gasteiger partial charge is 0.266 e. The van der Waals surface area contributed by atoms with Gasteiger partial charge < -0.3 is 10.6 Å². The molecule has 0 saturated heterocycles. The number of benzene rings is 1.